The summed E-state index contributed by atoms with van der Waals surface area (Å²) in [5.41, 5.74) is 7.01. The number of nitrogens with zero attached hydrogens (tertiary/aromatic N) is 4. The third-order valence-electron chi connectivity index (χ3n) is 7.33. The third-order valence-corrected chi connectivity index (χ3v) is 7.33. The molecule has 1 amide bonds. The number of hydrogen-bond donors (Lipinski definition) is 1. The van der Waals surface area contributed by atoms with Crippen molar-refractivity contribution < 1.29 is 4.79 Å². The first-order chi connectivity index (χ1) is 16.6. The SMILES string of the molecule is CCc1cnc(-c2cc(C(=O)N3CCC(c4ccc(C#N)cc4)CC3)c(C)cc2N2CCC2)[nH]1. The van der Waals surface area contributed by atoms with E-state index in [1.807, 2.05) is 30.2 Å². The number of H-pyrrole nitrogens is 1. The van der Waals surface area contributed by atoms with Gasteiger partial charge in [-0.2, -0.15) is 5.26 Å². The van der Waals surface area contributed by atoms with Gasteiger partial charge in [-0.25, -0.2) is 4.98 Å². The Labute approximate surface area is 201 Å². The lowest BCUT2D eigenvalue weighted by Gasteiger charge is -2.36. The van der Waals surface area contributed by atoms with Crippen LogP contribution in [-0.4, -0.2) is 47.0 Å². The quantitative estimate of drug-likeness (QED) is 0.587. The van der Waals surface area contributed by atoms with Crippen molar-refractivity contribution in [2.24, 2.45) is 0 Å². The van der Waals surface area contributed by atoms with E-state index < -0.39 is 0 Å². The van der Waals surface area contributed by atoms with Crippen molar-refractivity contribution in [1.82, 2.24) is 14.9 Å². The van der Waals surface area contributed by atoms with Gasteiger partial charge in [-0.3, -0.25) is 4.79 Å². The van der Waals surface area contributed by atoms with Crippen LogP contribution in [0.25, 0.3) is 11.4 Å². The Morgan fingerprint density at radius 1 is 1.15 bits per heavy atom. The number of hydrogen-bond acceptors (Lipinski definition) is 4. The molecule has 0 atom stereocenters. The molecule has 0 radical (unpaired) electrons. The highest BCUT2D eigenvalue weighted by molar-refractivity contribution is 5.98. The second-order valence-corrected chi connectivity index (χ2v) is 9.44. The zero-order valence-corrected chi connectivity index (χ0v) is 20.0. The van der Waals surface area contributed by atoms with Gasteiger partial charge in [0.05, 0.1) is 11.6 Å². The Morgan fingerprint density at radius 3 is 2.47 bits per heavy atom. The van der Waals surface area contributed by atoms with E-state index in [9.17, 15) is 4.79 Å². The van der Waals surface area contributed by atoms with Gasteiger partial charge >= 0.3 is 0 Å². The van der Waals surface area contributed by atoms with Crippen molar-refractivity contribution in [2.75, 3.05) is 31.1 Å². The standard InChI is InChI=1S/C28H31N5O/c1-3-23-18-30-27(31-23)25-16-24(19(2)15-26(25)32-11-4-12-32)28(34)33-13-9-22(10-14-33)21-7-5-20(17-29)6-8-21/h5-8,15-16,18,22H,3-4,9-14H2,1-2H3,(H,30,31). The topological polar surface area (TPSA) is 76.0 Å². The number of likely N-dealkylation sites (tertiary alicyclic amines) is 1. The van der Waals surface area contributed by atoms with Gasteiger partial charge in [0.15, 0.2) is 0 Å². The highest BCUT2D eigenvalue weighted by atomic mass is 16.2. The number of aromatic nitrogens is 2. The first kappa shape index (κ1) is 22.2. The molecule has 2 aliphatic heterocycles. The number of aryl methyl sites for hydroxylation is 2. The van der Waals surface area contributed by atoms with Crippen LogP contribution in [0.1, 0.15) is 64.8 Å². The van der Waals surface area contributed by atoms with Crippen LogP contribution in [0.15, 0.2) is 42.6 Å². The maximum atomic E-state index is 13.6. The lowest BCUT2D eigenvalue weighted by atomic mass is 9.88. The Bertz CT molecular complexity index is 1220. The van der Waals surface area contributed by atoms with E-state index in [1.54, 1.807) is 0 Å². The minimum Gasteiger partial charge on any atom is -0.371 e. The molecule has 2 aromatic carbocycles. The number of carbonyl (C=O) groups is 1. The monoisotopic (exact) mass is 453 g/mol. The number of amides is 1. The summed E-state index contributed by atoms with van der Waals surface area (Å²) in [7, 11) is 0. The zero-order chi connectivity index (χ0) is 23.7. The molecule has 3 aromatic rings. The van der Waals surface area contributed by atoms with E-state index in [4.69, 9.17) is 5.26 Å². The van der Waals surface area contributed by atoms with Crippen LogP contribution in [0.2, 0.25) is 0 Å². The average molecular weight is 454 g/mol. The van der Waals surface area contributed by atoms with E-state index in [1.165, 1.54) is 12.0 Å². The van der Waals surface area contributed by atoms with Crippen LogP contribution in [0.5, 0.6) is 0 Å². The fourth-order valence-electron chi connectivity index (χ4n) is 5.02. The number of aromatic amines is 1. The molecule has 174 valence electrons. The van der Waals surface area contributed by atoms with Crippen molar-refractivity contribution >= 4 is 11.6 Å². The van der Waals surface area contributed by atoms with Gasteiger partial charge in [0, 0.05) is 54.9 Å². The first-order valence-electron chi connectivity index (χ1n) is 12.3. The van der Waals surface area contributed by atoms with Crippen LogP contribution in [0, 0.1) is 18.3 Å². The molecule has 34 heavy (non-hydrogen) atoms. The maximum absolute atomic E-state index is 13.6. The summed E-state index contributed by atoms with van der Waals surface area (Å²) < 4.78 is 0. The lowest BCUT2D eigenvalue weighted by Crippen LogP contribution is -2.39. The number of piperidine rings is 1. The number of rotatable bonds is 5. The normalized spacial score (nSPS) is 16.3. The molecule has 0 spiro atoms. The Kier molecular flexibility index (Phi) is 6.10. The van der Waals surface area contributed by atoms with Crippen LogP contribution >= 0.6 is 0 Å². The van der Waals surface area contributed by atoms with Gasteiger partial charge in [-0.05, 0) is 73.9 Å². The molecule has 0 saturated carbocycles. The average Bonchev–Trinajstić information content (AvgIpc) is 3.32. The molecule has 0 unspecified atom stereocenters. The summed E-state index contributed by atoms with van der Waals surface area (Å²) >= 11 is 0. The molecule has 1 aromatic heterocycles. The largest absolute Gasteiger partial charge is 0.371 e. The predicted octanol–water partition coefficient (Wildman–Crippen LogP) is 5.05. The second-order valence-electron chi connectivity index (χ2n) is 9.44. The van der Waals surface area contributed by atoms with Gasteiger partial charge in [-0.1, -0.05) is 19.1 Å². The minimum atomic E-state index is 0.106. The number of benzene rings is 2. The van der Waals surface area contributed by atoms with Crippen molar-refractivity contribution in [3.63, 3.8) is 0 Å². The molecule has 0 bridgehead atoms. The van der Waals surface area contributed by atoms with E-state index in [0.717, 1.165) is 79.3 Å². The number of anilines is 1. The fraction of sp³-hybridized carbons (Fsp3) is 0.393. The highest BCUT2D eigenvalue weighted by Crippen LogP contribution is 2.36. The number of imidazole rings is 1. The molecule has 2 aliphatic rings. The second kappa shape index (κ2) is 9.34. The summed E-state index contributed by atoms with van der Waals surface area (Å²) in [5, 5.41) is 9.03. The number of nitriles is 1. The van der Waals surface area contributed by atoms with Crippen molar-refractivity contribution in [1.29, 1.82) is 5.26 Å². The summed E-state index contributed by atoms with van der Waals surface area (Å²) in [5.74, 6) is 1.37. The summed E-state index contributed by atoms with van der Waals surface area (Å²) in [6, 6.07) is 14.3. The number of carbonyl (C=O) groups excluding carboxylic acids is 1. The van der Waals surface area contributed by atoms with E-state index in [-0.39, 0.29) is 5.91 Å². The van der Waals surface area contributed by atoms with Gasteiger partial charge in [0.2, 0.25) is 0 Å². The predicted molar refractivity (Wildman–Crippen MR) is 134 cm³/mol. The molecule has 1 N–H and O–H groups in total. The molecule has 6 nitrogen and oxygen atoms in total. The van der Waals surface area contributed by atoms with Crippen molar-refractivity contribution in [2.45, 2.75) is 45.4 Å². The van der Waals surface area contributed by atoms with E-state index >= 15 is 0 Å². The Morgan fingerprint density at radius 2 is 1.88 bits per heavy atom. The van der Waals surface area contributed by atoms with E-state index in [2.05, 4.69) is 52.1 Å². The summed E-state index contributed by atoms with van der Waals surface area (Å²) in [6.07, 6.45) is 5.87. The molecule has 0 aliphatic carbocycles. The van der Waals surface area contributed by atoms with Crippen LogP contribution < -0.4 is 4.90 Å². The highest BCUT2D eigenvalue weighted by Gasteiger charge is 2.28. The van der Waals surface area contributed by atoms with Crippen molar-refractivity contribution in [3.8, 4) is 17.5 Å². The lowest BCUT2D eigenvalue weighted by molar-refractivity contribution is 0.0712. The maximum Gasteiger partial charge on any atom is 0.254 e. The zero-order valence-electron chi connectivity index (χ0n) is 20.0. The molecular weight excluding hydrogens is 422 g/mol. The van der Waals surface area contributed by atoms with Gasteiger partial charge in [0.25, 0.3) is 5.91 Å². The third kappa shape index (κ3) is 4.19. The van der Waals surface area contributed by atoms with E-state index in [0.29, 0.717) is 11.5 Å². The van der Waals surface area contributed by atoms with Crippen LogP contribution in [-0.2, 0) is 6.42 Å². The molecule has 6 heteroatoms. The fourth-order valence-corrected chi connectivity index (χ4v) is 5.02. The molecule has 3 heterocycles. The molecular formula is C28H31N5O. The van der Waals surface area contributed by atoms with Crippen molar-refractivity contribution in [3.05, 3.63) is 70.5 Å². The molecule has 2 saturated heterocycles. The van der Waals surface area contributed by atoms with Gasteiger partial charge in [0.1, 0.15) is 5.82 Å². The Balaban J connectivity index is 1.37. The van der Waals surface area contributed by atoms with Crippen LogP contribution in [0.4, 0.5) is 5.69 Å². The van der Waals surface area contributed by atoms with Gasteiger partial charge in [-0.15, -0.1) is 0 Å². The summed E-state index contributed by atoms with van der Waals surface area (Å²) in [4.78, 5) is 26.0. The number of nitrogens with one attached hydrogen (secondary N) is 1. The minimum absolute atomic E-state index is 0.106. The first-order valence-corrected chi connectivity index (χ1v) is 12.3. The molecule has 2 fully saturated rings. The van der Waals surface area contributed by atoms with Crippen LogP contribution in [0.3, 0.4) is 0 Å². The summed E-state index contributed by atoms with van der Waals surface area (Å²) in [6.45, 7) is 7.73. The smallest absolute Gasteiger partial charge is 0.254 e. The van der Waals surface area contributed by atoms with Gasteiger partial charge < -0.3 is 14.8 Å². The molecule has 5 rings (SSSR count). The Hall–Kier alpha value is -3.59.